The van der Waals surface area contributed by atoms with Crippen LogP contribution in [0.2, 0.25) is 0 Å². The molecule has 0 spiro atoms. The standard InChI is InChI=1S/C16H21N3O/c1-3-6-18-7-4-15-14(18)5-8-19(15)16(20)13-9-12(2)10-17-11-13/h3,9-11,14-15H,1,4-8H2,2H3/t14-,15+/m0/s1. The van der Waals surface area contributed by atoms with Gasteiger partial charge in [0.1, 0.15) is 0 Å². The second kappa shape index (κ2) is 5.37. The molecule has 2 atom stereocenters. The van der Waals surface area contributed by atoms with Crippen LogP contribution in [0.25, 0.3) is 0 Å². The predicted molar refractivity (Wildman–Crippen MR) is 78.6 cm³/mol. The molecule has 2 saturated heterocycles. The molecule has 3 rings (SSSR count). The third-order valence-corrected chi connectivity index (χ3v) is 4.44. The van der Waals surface area contributed by atoms with Crippen LogP contribution in [0.4, 0.5) is 0 Å². The van der Waals surface area contributed by atoms with E-state index in [4.69, 9.17) is 0 Å². The quantitative estimate of drug-likeness (QED) is 0.787. The van der Waals surface area contributed by atoms with E-state index in [9.17, 15) is 4.79 Å². The van der Waals surface area contributed by atoms with Crippen LogP contribution >= 0.6 is 0 Å². The Morgan fingerprint density at radius 2 is 2.20 bits per heavy atom. The van der Waals surface area contributed by atoms with E-state index in [-0.39, 0.29) is 5.91 Å². The Hall–Kier alpha value is -1.68. The summed E-state index contributed by atoms with van der Waals surface area (Å²) in [6, 6.07) is 2.80. The van der Waals surface area contributed by atoms with E-state index >= 15 is 0 Å². The highest BCUT2D eigenvalue weighted by atomic mass is 16.2. The van der Waals surface area contributed by atoms with Gasteiger partial charge in [-0.05, 0) is 31.4 Å². The molecule has 1 aromatic rings. The van der Waals surface area contributed by atoms with E-state index in [1.807, 2.05) is 24.0 Å². The third-order valence-electron chi connectivity index (χ3n) is 4.44. The summed E-state index contributed by atoms with van der Waals surface area (Å²) in [4.78, 5) is 21.3. The number of pyridine rings is 1. The van der Waals surface area contributed by atoms with E-state index in [0.717, 1.165) is 38.0 Å². The fraction of sp³-hybridized carbons (Fsp3) is 0.500. The molecule has 1 aromatic heterocycles. The summed E-state index contributed by atoms with van der Waals surface area (Å²) in [7, 11) is 0. The van der Waals surface area contributed by atoms with Crippen LogP contribution in [0.5, 0.6) is 0 Å². The lowest BCUT2D eigenvalue weighted by Gasteiger charge is -2.25. The van der Waals surface area contributed by atoms with Crippen LogP contribution in [0.1, 0.15) is 28.8 Å². The first-order valence-electron chi connectivity index (χ1n) is 7.28. The lowest BCUT2D eigenvalue weighted by atomic mass is 10.1. The van der Waals surface area contributed by atoms with Crippen molar-refractivity contribution >= 4 is 5.91 Å². The summed E-state index contributed by atoms with van der Waals surface area (Å²) >= 11 is 0. The molecule has 0 saturated carbocycles. The molecular formula is C16H21N3O. The van der Waals surface area contributed by atoms with Gasteiger partial charge in [-0.3, -0.25) is 14.7 Å². The number of aryl methyl sites for hydroxylation is 1. The van der Waals surface area contributed by atoms with E-state index in [2.05, 4.69) is 16.5 Å². The number of carbonyl (C=O) groups is 1. The minimum atomic E-state index is 0.133. The molecule has 20 heavy (non-hydrogen) atoms. The zero-order chi connectivity index (χ0) is 14.1. The first kappa shape index (κ1) is 13.3. The summed E-state index contributed by atoms with van der Waals surface area (Å²) < 4.78 is 0. The topological polar surface area (TPSA) is 36.4 Å². The predicted octanol–water partition coefficient (Wildman–Crippen LogP) is 1.86. The highest BCUT2D eigenvalue weighted by Crippen LogP contribution is 2.32. The van der Waals surface area contributed by atoms with E-state index in [0.29, 0.717) is 17.6 Å². The van der Waals surface area contributed by atoms with Crippen LogP contribution in [-0.4, -0.2) is 52.4 Å². The lowest BCUT2D eigenvalue weighted by Crippen LogP contribution is -2.39. The molecule has 2 fully saturated rings. The summed E-state index contributed by atoms with van der Waals surface area (Å²) in [5, 5.41) is 0. The summed E-state index contributed by atoms with van der Waals surface area (Å²) in [5.74, 6) is 0.133. The van der Waals surface area contributed by atoms with Crippen molar-refractivity contribution in [2.24, 2.45) is 0 Å². The molecule has 3 heterocycles. The van der Waals surface area contributed by atoms with Crippen LogP contribution in [0, 0.1) is 6.92 Å². The average molecular weight is 271 g/mol. The van der Waals surface area contributed by atoms with Gasteiger partial charge in [-0.2, -0.15) is 0 Å². The van der Waals surface area contributed by atoms with Crippen LogP contribution in [-0.2, 0) is 0 Å². The van der Waals surface area contributed by atoms with Crippen molar-refractivity contribution in [2.45, 2.75) is 31.8 Å². The molecule has 0 aromatic carbocycles. The number of aromatic nitrogens is 1. The number of fused-ring (bicyclic) bond motifs is 1. The van der Waals surface area contributed by atoms with Crippen molar-refractivity contribution in [3.8, 4) is 0 Å². The molecule has 4 nitrogen and oxygen atoms in total. The first-order valence-corrected chi connectivity index (χ1v) is 7.28. The van der Waals surface area contributed by atoms with Crippen molar-refractivity contribution in [2.75, 3.05) is 19.6 Å². The number of carbonyl (C=O) groups excluding carboxylic acids is 1. The average Bonchev–Trinajstić information content (AvgIpc) is 3.01. The Balaban J connectivity index is 1.76. The first-order chi connectivity index (χ1) is 9.70. The Morgan fingerprint density at radius 1 is 1.40 bits per heavy atom. The molecule has 0 N–H and O–H groups in total. The molecule has 2 aliphatic rings. The maximum absolute atomic E-state index is 12.7. The maximum atomic E-state index is 12.7. The molecule has 0 radical (unpaired) electrons. The number of rotatable bonds is 3. The SMILES string of the molecule is C=CCN1CC[C@@H]2[C@@H]1CCN2C(=O)c1cncc(C)c1. The van der Waals surface area contributed by atoms with E-state index in [1.54, 1.807) is 12.4 Å². The van der Waals surface area contributed by atoms with Gasteiger partial charge in [0.05, 0.1) is 5.56 Å². The minimum Gasteiger partial charge on any atom is -0.334 e. The lowest BCUT2D eigenvalue weighted by molar-refractivity contribution is 0.0732. The molecule has 0 unspecified atom stereocenters. The largest absolute Gasteiger partial charge is 0.334 e. The molecule has 1 amide bonds. The van der Waals surface area contributed by atoms with Crippen molar-refractivity contribution in [3.05, 3.63) is 42.2 Å². The normalized spacial score (nSPS) is 25.8. The molecule has 106 valence electrons. The van der Waals surface area contributed by atoms with E-state index < -0.39 is 0 Å². The van der Waals surface area contributed by atoms with Gasteiger partial charge >= 0.3 is 0 Å². The second-order valence-electron chi connectivity index (χ2n) is 5.75. The Bertz CT molecular complexity index is 528. The fourth-order valence-electron chi connectivity index (χ4n) is 3.56. The number of hydrogen-bond acceptors (Lipinski definition) is 3. The minimum absolute atomic E-state index is 0.133. The zero-order valence-corrected chi connectivity index (χ0v) is 12.0. The second-order valence-corrected chi connectivity index (χ2v) is 5.75. The van der Waals surface area contributed by atoms with Crippen molar-refractivity contribution in [1.29, 1.82) is 0 Å². The smallest absolute Gasteiger partial charge is 0.255 e. The monoisotopic (exact) mass is 271 g/mol. The Kier molecular flexibility index (Phi) is 3.57. The molecule has 0 bridgehead atoms. The third kappa shape index (κ3) is 2.24. The Labute approximate surface area is 120 Å². The van der Waals surface area contributed by atoms with Gasteiger partial charge < -0.3 is 4.90 Å². The van der Waals surface area contributed by atoms with Crippen LogP contribution in [0.3, 0.4) is 0 Å². The van der Waals surface area contributed by atoms with Crippen LogP contribution < -0.4 is 0 Å². The molecular weight excluding hydrogens is 250 g/mol. The summed E-state index contributed by atoms with van der Waals surface area (Å²) in [5.41, 5.74) is 1.75. The molecule has 0 aliphatic carbocycles. The fourth-order valence-corrected chi connectivity index (χ4v) is 3.56. The zero-order valence-electron chi connectivity index (χ0n) is 12.0. The van der Waals surface area contributed by atoms with Crippen molar-refractivity contribution in [3.63, 3.8) is 0 Å². The number of nitrogens with zero attached hydrogens (tertiary/aromatic N) is 3. The van der Waals surface area contributed by atoms with E-state index in [1.165, 1.54) is 0 Å². The number of amides is 1. The number of likely N-dealkylation sites (tertiary alicyclic amines) is 2. The summed E-state index contributed by atoms with van der Waals surface area (Å²) in [6.07, 6.45) is 7.56. The van der Waals surface area contributed by atoms with Gasteiger partial charge in [0, 0.05) is 44.1 Å². The van der Waals surface area contributed by atoms with Crippen molar-refractivity contribution in [1.82, 2.24) is 14.8 Å². The number of hydrogen-bond donors (Lipinski definition) is 0. The molecule has 2 aliphatic heterocycles. The van der Waals surface area contributed by atoms with Gasteiger partial charge in [0.15, 0.2) is 0 Å². The van der Waals surface area contributed by atoms with Gasteiger partial charge in [-0.25, -0.2) is 0 Å². The maximum Gasteiger partial charge on any atom is 0.255 e. The van der Waals surface area contributed by atoms with Crippen LogP contribution in [0.15, 0.2) is 31.1 Å². The van der Waals surface area contributed by atoms with Gasteiger partial charge in [0.25, 0.3) is 5.91 Å². The van der Waals surface area contributed by atoms with Crippen molar-refractivity contribution < 1.29 is 4.79 Å². The molecule has 4 heteroatoms. The van der Waals surface area contributed by atoms with Gasteiger partial charge in [0.2, 0.25) is 0 Å². The highest BCUT2D eigenvalue weighted by molar-refractivity contribution is 5.94. The van der Waals surface area contributed by atoms with Gasteiger partial charge in [-0.1, -0.05) is 6.08 Å². The Morgan fingerprint density at radius 3 is 2.95 bits per heavy atom. The van der Waals surface area contributed by atoms with Gasteiger partial charge in [-0.15, -0.1) is 6.58 Å². The highest BCUT2D eigenvalue weighted by Gasteiger charge is 2.43. The summed E-state index contributed by atoms with van der Waals surface area (Å²) in [6.45, 7) is 8.64.